The fourth-order valence-corrected chi connectivity index (χ4v) is 15.5. The summed E-state index contributed by atoms with van der Waals surface area (Å²) in [6.07, 6.45) is -25.2. The Bertz CT molecular complexity index is 3530. The molecule has 0 N–H and O–H groups in total. The molecule has 0 radical (unpaired) electrons. The van der Waals surface area contributed by atoms with E-state index in [-0.39, 0.29) is 72.3 Å². The molecule has 0 heterocycles. The summed E-state index contributed by atoms with van der Waals surface area (Å²) in [6, 6.07) is 14.4. The summed E-state index contributed by atoms with van der Waals surface area (Å²) in [6.45, 7) is -3.89. The molecule has 0 amide bonds. The molecule has 6 aromatic carbocycles. The molecule has 2 saturated carbocycles. The standard InChI is InChI=1S/C55H41Cl2F15O8S2/c56-43-28-32(30-78-50(52(61,62)63,53(64,65)66)35-12-8-33(9-13-35)48(24-1-2-25-48)81(74,75)39-20-16-37(58)17-21-39)46(29-44(43)57)80-47(73)41-6-5-7-45(60)42(41)31-79-51(54(67,68)69,55(70,71)72)36-14-10-34(11-15-36)49(26-3-4-27-49)82(76,77)40-22-18-38(59)19-23-40/h5-23,28-29H,1-4,24-27,30-31H2. The van der Waals surface area contributed by atoms with Crippen molar-refractivity contribution in [3.05, 3.63) is 194 Å². The maximum Gasteiger partial charge on any atom is 0.430 e. The molecule has 0 aromatic heterocycles. The zero-order valence-corrected chi connectivity index (χ0v) is 44.8. The van der Waals surface area contributed by atoms with Gasteiger partial charge in [-0.15, -0.1) is 0 Å². The summed E-state index contributed by atoms with van der Waals surface area (Å²) in [7, 11) is -8.95. The van der Waals surface area contributed by atoms with Gasteiger partial charge in [0.25, 0.3) is 11.2 Å². The zero-order valence-electron chi connectivity index (χ0n) is 41.7. The Morgan fingerprint density at radius 3 is 1.23 bits per heavy atom. The first-order valence-electron chi connectivity index (χ1n) is 24.3. The third-order valence-electron chi connectivity index (χ3n) is 14.9. The second-order valence-electron chi connectivity index (χ2n) is 19.4. The van der Waals surface area contributed by atoms with E-state index in [0.717, 1.165) is 66.7 Å². The van der Waals surface area contributed by atoms with E-state index in [4.69, 9.17) is 32.7 Å². The lowest BCUT2D eigenvalue weighted by molar-refractivity contribution is -0.393. The van der Waals surface area contributed by atoms with Crippen molar-refractivity contribution in [3.8, 4) is 5.75 Å². The number of rotatable bonds is 16. The molecule has 0 bridgehead atoms. The minimum absolute atomic E-state index is 0.119. The van der Waals surface area contributed by atoms with Gasteiger partial charge in [0.1, 0.15) is 32.7 Å². The Morgan fingerprint density at radius 1 is 0.488 bits per heavy atom. The van der Waals surface area contributed by atoms with Crippen LogP contribution in [0.4, 0.5) is 65.9 Å². The lowest BCUT2D eigenvalue weighted by Crippen LogP contribution is -2.56. The van der Waals surface area contributed by atoms with Crippen LogP contribution in [-0.2, 0) is 63.1 Å². The molecule has 6 aromatic rings. The number of carbonyl (C=O) groups excluding carboxylic acids is 1. The van der Waals surface area contributed by atoms with Crippen molar-refractivity contribution in [2.24, 2.45) is 0 Å². The van der Waals surface area contributed by atoms with Crippen molar-refractivity contribution in [1.82, 2.24) is 0 Å². The van der Waals surface area contributed by atoms with Gasteiger partial charge < -0.3 is 14.2 Å². The number of ether oxygens (including phenoxy) is 3. The smallest absolute Gasteiger partial charge is 0.422 e. The van der Waals surface area contributed by atoms with Gasteiger partial charge in [0.15, 0.2) is 19.7 Å². The van der Waals surface area contributed by atoms with E-state index >= 15 is 57.1 Å². The van der Waals surface area contributed by atoms with Crippen LogP contribution in [0, 0.1) is 17.5 Å². The predicted octanol–water partition coefficient (Wildman–Crippen LogP) is 16.2. The number of alkyl halides is 12. The molecule has 8 nitrogen and oxygen atoms in total. The van der Waals surface area contributed by atoms with Crippen molar-refractivity contribution in [2.75, 3.05) is 0 Å². The molecule has 27 heteroatoms. The molecule has 82 heavy (non-hydrogen) atoms. The van der Waals surface area contributed by atoms with Crippen LogP contribution in [0.1, 0.15) is 95.1 Å². The molecule has 0 aliphatic heterocycles. The predicted molar refractivity (Wildman–Crippen MR) is 265 cm³/mol. The Hall–Kier alpha value is -5.86. The normalized spacial score (nSPS) is 16.4. The molecular weight excluding hydrogens is 1210 g/mol. The Kier molecular flexibility index (Phi) is 16.9. The highest BCUT2D eigenvalue weighted by molar-refractivity contribution is 7.92. The van der Waals surface area contributed by atoms with Gasteiger partial charge >= 0.3 is 30.7 Å². The van der Waals surface area contributed by atoms with Gasteiger partial charge in [-0.3, -0.25) is 0 Å². The Labute approximate surface area is 467 Å². The van der Waals surface area contributed by atoms with Gasteiger partial charge in [0.2, 0.25) is 0 Å². The third-order valence-corrected chi connectivity index (χ3v) is 20.7. The highest BCUT2D eigenvalue weighted by atomic mass is 35.5. The van der Waals surface area contributed by atoms with Gasteiger partial charge in [0.05, 0.1) is 38.6 Å². The van der Waals surface area contributed by atoms with Crippen LogP contribution in [0.5, 0.6) is 5.75 Å². The number of esters is 1. The molecular formula is C55H41Cl2F15O8S2. The van der Waals surface area contributed by atoms with Crippen LogP contribution >= 0.6 is 23.2 Å². The summed E-state index contributed by atoms with van der Waals surface area (Å²) in [4.78, 5) is 13.2. The first-order chi connectivity index (χ1) is 38.1. The van der Waals surface area contributed by atoms with E-state index in [9.17, 15) is 30.4 Å². The van der Waals surface area contributed by atoms with E-state index in [2.05, 4.69) is 4.74 Å². The number of halogens is 17. The number of sulfone groups is 2. The van der Waals surface area contributed by atoms with Gasteiger partial charge in [-0.2, -0.15) is 52.7 Å². The maximum absolute atomic E-state index is 15.7. The first-order valence-corrected chi connectivity index (χ1v) is 28.1. The fourth-order valence-electron chi connectivity index (χ4n) is 10.7. The van der Waals surface area contributed by atoms with Crippen molar-refractivity contribution < 1.29 is 102 Å². The number of benzene rings is 6. The van der Waals surface area contributed by atoms with Gasteiger partial charge in [-0.05, 0) is 104 Å². The van der Waals surface area contributed by atoms with E-state index in [1.807, 2.05) is 0 Å². The average molecular weight is 1250 g/mol. The van der Waals surface area contributed by atoms with Crippen LogP contribution in [0.2, 0.25) is 10.0 Å². The summed E-state index contributed by atoms with van der Waals surface area (Å²) >= 11 is 12.2. The zero-order chi connectivity index (χ0) is 60.3. The Balaban J connectivity index is 1.11. The molecule has 0 saturated heterocycles. The SMILES string of the molecule is O=C(Oc1cc(Cl)c(Cl)cc1COC(c1ccc(C2(S(=O)(=O)c3ccc(F)cc3)CCCC2)cc1)(C(F)(F)F)C(F)(F)F)c1cccc(F)c1COC(c1ccc(C2(S(=O)(=O)c3ccc(F)cc3)CCCC2)cc1)(C(F)(F)F)C(F)(F)F. The molecule has 0 spiro atoms. The largest absolute Gasteiger partial charge is 0.430 e. The highest BCUT2D eigenvalue weighted by Crippen LogP contribution is 2.57. The van der Waals surface area contributed by atoms with E-state index in [0.29, 0.717) is 60.7 Å². The maximum atomic E-state index is 15.7. The van der Waals surface area contributed by atoms with Crippen molar-refractivity contribution in [3.63, 3.8) is 0 Å². The minimum Gasteiger partial charge on any atom is -0.422 e. The van der Waals surface area contributed by atoms with Crippen LogP contribution in [-0.4, -0.2) is 47.5 Å². The monoisotopic (exact) mass is 1250 g/mol. The lowest BCUT2D eigenvalue weighted by Gasteiger charge is -2.38. The van der Waals surface area contributed by atoms with Crippen LogP contribution in [0.25, 0.3) is 0 Å². The van der Waals surface area contributed by atoms with Crippen LogP contribution in [0.15, 0.2) is 137 Å². The Morgan fingerprint density at radius 2 is 0.854 bits per heavy atom. The van der Waals surface area contributed by atoms with Crippen molar-refractivity contribution >= 4 is 48.8 Å². The van der Waals surface area contributed by atoms with E-state index < -0.39 is 145 Å². The van der Waals surface area contributed by atoms with Gasteiger partial charge in [-0.25, -0.2) is 34.8 Å². The molecule has 2 aliphatic rings. The van der Waals surface area contributed by atoms with Gasteiger partial charge in [0, 0.05) is 28.3 Å². The molecule has 440 valence electrons. The number of hydrogen-bond acceptors (Lipinski definition) is 8. The topological polar surface area (TPSA) is 113 Å². The number of hydrogen-bond donors (Lipinski definition) is 0. The summed E-state index contributed by atoms with van der Waals surface area (Å²) in [5, 5.41) is -1.20. The molecule has 0 atom stereocenters. The number of carbonyl (C=O) groups is 1. The molecule has 2 aliphatic carbocycles. The fraction of sp³-hybridized carbons (Fsp3) is 0.327. The van der Waals surface area contributed by atoms with Crippen molar-refractivity contribution in [2.45, 2.75) is 120 Å². The summed E-state index contributed by atoms with van der Waals surface area (Å²) in [5.41, 5.74) is -17.9. The lowest BCUT2D eigenvalue weighted by atomic mass is 9.88. The average Bonchev–Trinajstić information content (AvgIpc) is 1.58. The molecule has 0 unspecified atom stereocenters. The van der Waals surface area contributed by atoms with Crippen molar-refractivity contribution in [1.29, 1.82) is 0 Å². The summed E-state index contributed by atoms with van der Waals surface area (Å²) < 4.78 is 293. The molecule has 8 rings (SSSR count). The van der Waals surface area contributed by atoms with Crippen LogP contribution < -0.4 is 4.74 Å². The highest BCUT2D eigenvalue weighted by Gasteiger charge is 2.75. The second kappa shape index (κ2) is 22.3. The van der Waals surface area contributed by atoms with Crippen LogP contribution in [0.3, 0.4) is 0 Å². The second-order valence-corrected chi connectivity index (χ2v) is 24.8. The van der Waals surface area contributed by atoms with E-state index in [1.165, 1.54) is 0 Å². The minimum atomic E-state index is -6.47. The first kappa shape index (κ1) is 62.2. The summed E-state index contributed by atoms with van der Waals surface area (Å²) in [5.74, 6) is -6.25. The van der Waals surface area contributed by atoms with E-state index in [1.54, 1.807) is 0 Å². The third kappa shape index (κ3) is 10.7. The quantitative estimate of drug-likeness (QED) is 0.0408. The van der Waals surface area contributed by atoms with Gasteiger partial charge in [-0.1, -0.05) is 103 Å². The molecule has 2 fully saturated rings.